The van der Waals surface area contributed by atoms with Gasteiger partial charge in [-0.25, -0.2) is 4.90 Å². The summed E-state index contributed by atoms with van der Waals surface area (Å²) in [7, 11) is 0. The Morgan fingerprint density at radius 1 is 0.941 bits per heavy atom. The molecule has 0 saturated carbocycles. The summed E-state index contributed by atoms with van der Waals surface area (Å²) >= 11 is 0. The minimum atomic E-state index is -1.84. The number of hydrogen-bond donors (Lipinski definition) is 1. The first-order valence-electron chi connectivity index (χ1n) is 10.9. The molecule has 3 aliphatic carbocycles. The Morgan fingerprint density at radius 2 is 1.50 bits per heavy atom. The summed E-state index contributed by atoms with van der Waals surface area (Å²) in [6, 6.07) is 20.7. The minimum Gasteiger partial charge on any atom is -0.411 e. The van der Waals surface area contributed by atoms with Crippen molar-refractivity contribution in [3.63, 3.8) is 0 Å². The Bertz CT molecular complexity index is 1380. The van der Waals surface area contributed by atoms with Crippen LogP contribution in [0, 0.1) is 22.0 Å². The average Bonchev–Trinajstić information content (AvgIpc) is 3.14. The number of carbonyl (C=O) groups excluding carboxylic acids is 2. The third-order valence-electron chi connectivity index (χ3n) is 7.55. The van der Waals surface area contributed by atoms with E-state index in [1.54, 1.807) is 55.5 Å². The van der Waals surface area contributed by atoms with Gasteiger partial charge >= 0.3 is 0 Å². The number of nitrogens with zero attached hydrogens (tertiary/aromatic N) is 3. The zero-order valence-electron chi connectivity index (χ0n) is 18.1. The van der Waals surface area contributed by atoms with Crippen LogP contribution in [-0.2, 0) is 15.1 Å². The normalized spacial score (nSPS) is 26.8. The summed E-state index contributed by atoms with van der Waals surface area (Å²) in [5.41, 5.74) is 1.94. The number of nitro groups is 1. The predicted octanol–water partition coefficient (Wildman–Crippen LogP) is 3.67. The maximum atomic E-state index is 13.9. The number of anilines is 1. The van der Waals surface area contributed by atoms with Crippen LogP contribution in [0.3, 0.4) is 0 Å². The van der Waals surface area contributed by atoms with Gasteiger partial charge in [-0.1, -0.05) is 65.8 Å². The average molecular weight is 453 g/mol. The zero-order chi connectivity index (χ0) is 23.8. The number of rotatable bonds is 3. The molecule has 3 aromatic carbocycles. The summed E-state index contributed by atoms with van der Waals surface area (Å²) in [4.78, 5) is 41.3. The lowest BCUT2D eigenvalue weighted by atomic mass is 9.51. The summed E-state index contributed by atoms with van der Waals surface area (Å²) in [5.74, 6) is -3.46. The fourth-order valence-corrected chi connectivity index (χ4v) is 6.21. The lowest BCUT2D eigenvalue weighted by Gasteiger charge is -2.48. The van der Waals surface area contributed by atoms with E-state index in [1.165, 1.54) is 0 Å². The van der Waals surface area contributed by atoms with E-state index < -0.39 is 35.1 Å². The van der Waals surface area contributed by atoms with Gasteiger partial charge in [0.25, 0.3) is 5.54 Å². The van der Waals surface area contributed by atoms with Crippen LogP contribution in [0.5, 0.6) is 0 Å². The largest absolute Gasteiger partial charge is 0.411 e. The van der Waals surface area contributed by atoms with E-state index in [2.05, 4.69) is 5.16 Å². The van der Waals surface area contributed by atoms with Gasteiger partial charge in [0.15, 0.2) is 0 Å². The predicted molar refractivity (Wildman–Crippen MR) is 122 cm³/mol. The van der Waals surface area contributed by atoms with Gasteiger partial charge in [0, 0.05) is 22.0 Å². The van der Waals surface area contributed by atoms with Gasteiger partial charge in [-0.3, -0.25) is 19.7 Å². The molecule has 8 heteroatoms. The molecule has 2 bridgehead atoms. The molecule has 7 rings (SSSR count). The maximum absolute atomic E-state index is 13.9. The fraction of sp³-hybridized carbons (Fsp3) is 0.192. The summed E-state index contributed by atoms with van der Waals surface area (Å²) in [6.07, 6.45) is 0. The van der Waals surface area contributed by atoms with Crippen LogP contribution in [0.15, 0.2) is 78.0 Å². The molecule has 2 amide bonds. The van der Waals surface area contributed by atoms with Crippen LogP contribution < -0.4 is 4.90 Å². The van der Waals surface area contributed by atoms with Crippen molar-refractivity contribution in [2.24, 2.45) is 17.0 Å². The Labute approximate surface area is 194 Å². The van der Waals surface area contributed by atoms with E-state index in [4.69, 9.17) is 5.21 Å². The highest BCUT2D eigenvalue weighted by Crippen LogP contribution is 2.64. The molecular formula is C26H19N3O5. The molecule has 2 atom stereocenters. The third-order valence-corrected chi connectivity index (χ3v) is 7.55. The molecule has 0 unspecified atom stereocenters. The van der Waals surface area contributed by atoms with Crippen molar-refractivity contribution in [2.45, 2.75) is 18.4 Å². The van der Waals surface area contributed by atoms with Gasteiger partial charge in [-0.05, 0) is 35.7 Å². The first kappa shape index (κ1) is 20.3. The molecule has 4 aliphatic rings. The topological polar surface area (TPSA) is 113 Å². The van der Waals surface area contributed by atoms with Crippen molar-refractivity contribution >= 4 is 23.2 Å². The SMILES string of the molecule is CC(=NO)c1ccc(N2C(=O)[C@H]3C4c5ccccc5C([N+](=O)[O-])(c5ccccc54)[C@H]3C2=O)cc1. The number of benzene rings is 3. The zero-order valence-corrected chi connectivity index (χ0v) is 18.1. The van der Waals surface area contributed by atoms with Crippen LogP contribution in [0.4, 0.5) is 5.69 Å². The van der Waals surface area contributed by atoms with Gasteiger partial charge in [0.2, 0.25) is 11.8 Å². The minimum absolute atomic E-state index is 0.338. The van der Waals surface area contributed by atoms with Gasteiger partial charge in [-0.15, -0.1) is 0 Å². The number of amides is 2. The Morgan fingerprint density at radius 3 is 2.03 bits per heavy atom. The van der Waals surface area contributed by atoms with Gasteiger partial charge < -0.3 is 5.21 Å². The highest BCUT2D eigenvalue weighted by molar-refractivity contribution is 6.23. The first-order chi connectivity index (χ1) is 16.4. The molecule has 8 nitrogen and oxygen atoms in total. The Balaban J connectivity index is 1.58. The van der Waals surface area contributed by atoms with E-state index in [1.807, 2.05) is 24.3 Å². The van der Waals surface area contributed by atoms with E-state index in [0.29, 0.717) is 28.1 Å². The molecule has 0 aromatic heterocycles. The lowest BCUT2D eigenvalue weighted by Crippen LogP contribution is -2.57. The van der Waals surface area contributed by atoms with E-state index in [-0.39, 0.29) is 4.92 Å². The number of carbonyl (C=O) groups is 2. The third kappa shape index (κ3) is 2.24. The quantitative estimate of drug-likeness (QED) is 0.214. The molecule has 0 radical (unpaired) electrons. The first-order valence-corrected chi connectivity index (χ1v) is 10.9. The number of oxime groups is 1. The van der Waals surface area contributed by atoms with Crippen LogP contribution in [0.1, 0.15) is 40.7 Å². The van der Waals surface area contributed by atoms with Gasteiger partial charge in [-0.2, -0.15) is 0 Å². The second kappa shape index (κ2) is 6.84. The highest BCUT2D eigenvalue weighted by Gasteiger charge is 2.74. The van der Waals surface area contributed by atoms with Crippen molar-refractivity contribution in [1.29, 1.82) is 0 Å². The number of hydrogen-bond acceptors (Lipinski definition) is 6. The summed E-state index contributed by atoms with van der Waals surface area (Å²) < 4.78 is 0. The van der Waals surface area contributed by atoms with Crippen molar-refractivity contribution in [3.8, 4) is 0 Å². The molecule has 168 valence electrons. The molecular weight excluding hydrogens is 434 g/mol. The molecule has 1 N–H and O–H groups in total. The fourth-order valence-electron chi connectivity index (χ4n) is 6.21. The van der Waals surface area contributed by atoms with Crippen LogP contribution in [0.2, 0.25) is 0 Å². The Hall–Kier alpha value is -4.33. The molecule has 0 spiro atoms. The Kier molecular flexibility index (Phi) is 4.08. The van der Waals surface area contributed by atoms with E-state index in [9.17, 15) is 19.7 Å². The molecule has 1 saturated heterocycles. The molecule has 34 heavy (non-hydrogen) atoms. The second-order valence-electron chi connectivity index (χ2n) is 8.92. The van der Waals surface area contributed by atoms with Gasteiger partial charge in [0.05, 0.1) is 17.3 Å². The number of imide groups is 1. The van der Waals surface area contributed by atoms with Gasteiger partial charge in [0.1, 0.15) is 5.92 Å². The van der Waals surface area contributed by atoms with Crippen molar-refractivity contribution in [2.75, 3.05) is 4.90 Å². The smallest absolute Gasteiger partial charge is 0.285 e. The molecule has 1 heterocycles. The van der Waals surface area contributed by atoms with E-state index in [0.717, 1.165) is 16.0 Å². The molecule has 1 aliphatic heterocycles. The summed E-state index contributed by atoms with van der Waals surface area (Å²) in [5, 5.41) is 25.1. The highest BCUT2D eigenvalue weighted by atomic mass is 16.6. The van der Waals surface area contributed by atoms with Crippen molar-refractivity contribution in [1.82, 2.24) is 0 Å². The molecule has 3 aromatic rings. The molecule has 1 fully saturated rings. The standard InChI is InChI=1S/C26H19N3O5/c1-14(27-32)15-10-12-16(13-11-15)28-24(30)22-21-17-6-2-4-8-19(17)26(29(33)34,23(22)25(28)31)20-9-5-3-7-18(20)21/h2-13,21-23,32H,1H3/t21?,22-,23+,26?/m0/s1. The maximum Gasteiger partial charge on any atom is 0.285 e. The van der Waals surface area contributed by atoms with Crippen molar-refractivity contribution in [3.05, 3.63) is 111 Å². The van der Waals surface area contributed by atoms with E-state index >= 15 is 0 Å². The van der Waals surface area contributed by atoms with Crippen LogP contribution in [-0.4, -0.2) is 27.7 Å². The lowest BCUT2D eigenvalue weighted by molar-refractivity contribution is -0.578. The van der Waals surface area contributed by atoms with Crippen LogP contribution >= 0.6 is 0 Å². The van der Waals surface area contributed by atoms with Crippen LogP contribution in [0.25, 0.3) is 0 Å². The second-order valence-corrected chi connectivity index (χ2v) is 8.92. The van der Waals surface area contributed by atoms with Crippen molar-refractivity contribution < 1.29 is 19.7 Å². The summed E-state index contributed by atoms with van der Waals surface area (Å²) in [6.45, 7) is 1.63. The monoisotopic (exact) mass is 453 g/mol.